The number of nitrogens with one attached hydrogen (secondary N) is 1. The normalized spacial score (nSPS) is 14.5. The van der Waals surface area contributed by atoms with Gasteiger partial charge in [0, 0.05) is 25.2 Å². The predicted molar refractivity (Wildman–Crippen MR) is 118 cm³/mol. The van der Waals surface area contributed by atoms with Gasteiger partial charge in [-0.25, -0.2) is 9.07 Å². The molecule has 1 aliphatic heterocycles. The second-order valence-electron chi connectivity index (χ2n) is 7.73. The van der Waals surface area contributed by atoms with Crippen molar-refractivity contribution in [2.75, 3.05) is 39.4 Å². The van der Waals surface area contributed by atoms with E-state index in [9.17, 15) is 9.18 Å². The molecule has 6 nitrogen and oxygen atoms in total. The Kier molecular flexibility index (Phi) is 6.74. The number of carbonyl (C=O) groups excluding carboxylic acids is 1. The summed E-state index contributed by atoms with van der Waals surface area (Å²) < 4.78 is 20.3. The molecule has 1 aliphatic rings. The highest BCUT2D eigenvalue weighted by atomic mass is 19.1. The summed E-state index contributed by atoms with van der Waals surface area (Å²) in [7, 11) is 0. The zero-order valence-corrected chi connectivity index (χ0v) is 17.7. The molecule has 0 aliphatic carbocycles. The van der Waals surface area contributed by atoms with Crippen molar-refractivity contribution in [3.63, 3.8) is 0 Å². The molecule has 1 aromatic heterocycles. The molecule has 31 heavy (non-hydrogen) atoms. The fraction of sp³-hybridized carbons (Fsp3) is 0.333. The molecular formula is C24H27FN4O2. The first kappa shape index (κ1) is 21.2. The molecule has 1 amide bonds. The molecule has 3 aromatic rings. The van der Waals surface area contributed by atoms with Crippen LogP contribution in [0.15, 0.2) is 54.6 Å². The Bertz CT molecular complexity index is 1010. The molecule has 1 N–H and O–H groups in total. The van der Waals surface area contributed by atoms with Crippen molar-refractivity contribution < 1.29 is 13.9 Å². The lowest BCUT2D eigenvalue weighted by Gasteiger charge is -2.26. The molecule has 0 saturated carbocycles. The molecule has 0 atom stereocenters. The summed E-state index contributed by atoms with van der Waals surface area (Å²) in [6, 6.07) is 15.7. The number of nitrogens with zero attached hydrogens (tertiary/aromatic N) is 3. The average Bonchev–Trinajstić information content (AvgIpc) is 3.24. The first-order valence-corrected chi connectivity index (χ1v) is 10.6. The van der Waals surface area contributed by atoms with Gasteiger partial charge in [-0.3, -0.25) is 9.69 Å². The third-order valence-electron chi connectivity index (χ3n) is 5.40. The number of ether oxygens (including phenoxy) is 1. The standard InChI is InChI=1S/C24H27FN4O2/c1-18-3-9-21(10-4-18)29-23(17-22(27-29)19-5-7-20(25)8-6-19)24(30)26-11-2-12-28-13-15-31-16-14-28/h3-10,17H,2,11-16H2,1H3,(H,26,30). The lowest BCUT2D eigenvalue weighted by atomic mass is 10.1. The van der Waals surface area contributed by atoms with E-state index in [1.54, 1.807) is 22.9 Å². The molecule has 7 heteroatoms. The fourth-order valence-corrected chi connectivity index (χ4v) is 3.61. The predicted octanol–water partition coefficient (Wildman–Crippen LogP) is 3.44. The minimum Gasteiger partial charge on any atom is -0.379 e. The number of rotatable bonds is 7. The molecule has 2 heterocycles. The quantitative estimate of drug-likeness (QED) is 0.593. The van der Waals surface area contributed by atoms with E-state index in [0.717, 1.165) is 56.1 Å². The maximum atomic E-state index is 13.3. The van der Waals surface area contributed by atoms with Crippen molar-refractivity contribution in [3.05, 3.63) is 71.7 Å². The van der Waals surface area contributed by atoms with Crippen molar-refractivity contribution in [3.8, 4) is 16.9 Å². The van der Waals surface area contributed by atoms with Gasteiger partial charge in [0.2, 0.25) is 0 Å². The zero-order valence-electron chi connectivity index (χ0n) is 17.7. The highest BCUT2D eigenvalue weighted by Crippen LogP contribution is 2.22. The van der Waals surface area contributed by atoms with Crippen molar-refractivity contribution in [2.45, 2.75) is 13.3 Å². The minimum absolute atomic E-state index is 0.177. The summed E-state index contributed by atoms with van der Waals surface area (Å²) in [6.07, 6.45) is 0.870. The Morgan fingerprint density at radius 3 is 2.52 bits per heavy atom. The van der Waals surface area contributed by atoms with Gasteiger partial charge in [-0.2, -0.15) is 5.10 Å². The number of hydrogen-bond acceptors (Lipinski definition) is 4. The minimum atomic E-state index is -0.306. The molecule has 2 aromatic carbocycles. The molecular weight excluding hydrogens is 395 g/mol. The van der Waals surface area contributed by atoms with Crippen molar-refractivity contribution in [1.82, 2.24) is 20.0 Å². The summed E-state index contributed by atoms with van der Waals surface area (Å²) in [6.45, 7) is 6.95. The van der Waals surface area contributed by atoms with Crippen LogP contribution < -0.4 is 5.32 Å². The van der Waals surface area contributed by atoms with Crippen LogP contribution >= 0.6 is 0 Å². The van der Waals surface area contributed by atoms with Gasteiger partial charge in [0.15, 0.2) is 0 Å². The van der Waals surface area contributed by atoms with Crippen LogP contribution in [0.4, 0.5) is 4.39 Å². The van der Waals surface area contributed by atoms with Crippen molar-refractivity contribution in [1.29, 1.82) is 0 Å². The summed E-state index contributed by atoms with van der Waals surface area (Å²) in [5.41, 5.74) is 3.77. The second kappa shape index (κ2) is 9.85. The molecule has 4 rings (SSSR count). The molecule has 1 saturated heterocycles. The van der Waals surface area contributed by atoms with E-state index in [1.165, 1.54) is 12.1 Å². The van der Waals surface area contributed by atoms with Crippen molar-refractivity contribution >= 4 is 5.91 Å². The summed E-state index contributed by atoms with van der Waals surface area (Å²) >= 11 is 0. The number of aryl methyl sites for hydroxylation is 1. The van der Waals surface area contributed by atoms with Crippen LogP contribution in [0.3, 0.4) is 0 Å². The monoisotopic (exact) mass is 422 g/mol. The van der Waals surface area contributed by atoms with Crippen LogP contribution in [0.1, 0.15) is 22.5 Å². The van der Waals surface area contributed by atoms with E-state index in [4.69, 9.17) is 4.74 Å². The number of aromatic nitrogens is 2. The van der Waals surface area contributed by atoms with E-state index in [0.29, 0.717) is 17.9 Å². The maximum Gasteiger partial charge on any atom is 0.270 e. The maximum absolute atomic E-state index is 13.3. The molecule has 0 radical (unpaired) electrons. The number of benzene rings is 2. The molecule has 0 spiro atoms. The largest absolute Gasteiger partial charge is 0.379 e. The van der Waals surface area contributed by atoms with Crippen LogP contribution in [-0.4, -0.2) is 60.0 Å². The number of halogens is 1. The third kappa shape index (κ3) is 5.37. The van der Waals surface area contributed by atoms with Crippen LogP contribution in [0, 0.1) is 12.7 Å². The molecule has 0 unspecified atom stereocenters. The van der Waals surface area contributed by atoms with E-state index in [2.05, 4.69) is 15.3 Å². The highest BCUT2D eigenvalue weighted by molar-refractivity contribution is 5.94. The van der Waals surface area contributed by atoms with Gasteiger partial charge < -0.3 is 10.1 Å². The van der Waals surface area contributed by atoms with Crippen molar-refractivity contribution in [2.24, 2.45) is 0 Å². The van der Waals surface area contributed by atoms with Gasteiger partial charge in [0.05, 0.1) is 24.6 Å². The van der Waals surface area contributed by atoms with Gasteiger partial charge in [-0.15, -0.1) is 0 Å². The average molecular weight is 423 g/mol. The third-order valence-corrected chi connectivity index (χ3v) is 5.40. The van der Waals surface area contributed by atoms with Gasteiger partial charge in [0.25, 0.3) is 5.91 Å². The van der Waals surface area contributed by atoms with Gasteiger partial charge in [-0.1, -0.05) is 17.7 Å². The molecule has 162 valence electrons. The topological polar surface area (TPSA) is 59.4 Å². The van der Waals surface area contributed by atoms with Gasteiger partial charge in [0.1, 0.15) is 11.5 Å². The Morgan fingerprint density at radius 1 is 1.10 bits per heavy atom. The summed E-state index contributed by atoms with van der Waals surface area (Å²) in [5, 5.41) is 7.66. The fourth-order valence-electron chi connectivity index (χ4n) is 3.61. The zero-order chi connectivity index (χ0) is 21.6. The Hall–Kier alpha value is -3.03. The number of carbonyl (C=O) groups is 1. The van der Waals surface area contributed by atoms with E-state index in [1.807, 2.05) is 31.2 Å². The first-order chi connectivity index (χ1) is 15.1. The molecule has 1 fully saturated rings. The summed E-state index contributed by atoms with van der Waals surface area (Å²) in [5.74, 6) is -0.483. The number of hydrogen-bond donors (Lipinski definition) is 1. The Morgan fingerprint density at radius 2 is 1.81 bits per heavy atom. The van der Waals surface area contributed by atoms with Crippen LogP contribution in [0.25, 0.3) is 16.9 Å². The highest BCUT2D eigenvalue weighted by Gasteiger charge is 2.18. The molecule has 0 bridgehead atoms. The lowest BCUT2D eigenvalue weighted by Crippen LogP contribution is -2.38. The van der Waals surface area contributed by atoms with Gasteiger partial charge >= 0.3 is 0 Å². The van der Waals surface area contributed by atoms with E-state index in [-0.39, 0.29) is 11.7 Å². The smallest absolute Gasteiger partial charge is 0.270 e. The van der Waals surface area contributed by atoms with Crippen LogP contribution in [0.2, 0.25) is 0 Å². The first-order valence-electron chi connectivity index (χ1n) is 10.6. The van der Waals surface area contributed by atoms with E-state index >= 15 is 0 Å². The van der Waals surface area contributed by atoms with Crippen LogP contribution in [-0.2, 0) is 4.74 Å². The van der Waals surface area contributed by atoms with Crippen LogP contribution in [0.5, 0.6) is 0 Å². The lowest BCUT2D eigenvalue weighted by molar-refractivity contribution is 0.0374. The number of amides is 1. The number of morpholine rings is 1. The second-order valence-corrected chi connectivity index (χ2v) is 7.73. The van der Waals surface area contributed by atoms with E-state index < -0.39 is 0 Å². The Balaban J connectivity index is 1.50. The Labute approximate surface area is 181 Å². The van der Waals surface area contributed by atoms with Gasteiger partial charge in [-0.05, 0) is 62.4 Å². The summed E-state index contributed by atoms with van der Waals surface area (Å²) in [4.78, 5) is 15.3. The SMILES string of the molecule is Cc1ccc(-n2nc(-c3ccc(F)cc3)cc2C(=O)NCCCN2CCOCC2)cc1.